The number of carbonyl (C=O) groups excluding carboxylic acids is 1. The first kappa shape index (κ1) is 23.8. The molecule has 1 aliphatic rings. The van der Waals surface area contributed by atoms with Crippen molar-refractivity contribution in [2.75, 3.05) is 0 Å². The number of amides is 1. The molecule has 0 atom stereocenters. The third kappa shape index (κ3) is 3.96. The van der Waals surface area contributed by atoms with Crippen molar-refractivity contribution in [2.24, 2.45) is 5.73 Å². The average Bonchev–Trinajstić information content (AvgIpc) is 3.33. The van der Waals surface area contributed by atoms with Crippen LogP contribution in [0.1, 0.15) is 35.5 Å². The zero-order valence-corrected chi connectivity index (χ0v) is 19.8. The van der Waals surface area contributed by atoms with Crippen molar-refractivity contribution in [3.8, 4) is 16.5 Å². The van der Waals surface area contributed by atoms with Gasteiger partial charge in [-0.25, -0.2) is 22.9 Å². The van der Waals surface area contributed by atoms with Gasteiger partial charge in [0.15, 0.2) is 11.6 Å². The highest BCUT2D eigenvalue weighted by molar-refractivity contribution is 7.14. The molecular weight excluding hydrogens is 495 g/mol. The Balaban J connectivity index is 1.38. The number of primary amides is 1. The first-order valence-electron chi connectivity index (χ1n) is 11.0. The van der Waals surface area contributed by atoms with E-state index in [9.17, 15) is 22.8 Å². The van der Waals surface area contributed by atoms with Crippen LogP contribution in [0, 0.1) is 24.4 Å². The molecule has 2 aromatic heterocycles. The van der Waals surface area contributed by atoms with Crippen molar-refractivity contribution in [3.63, 3.8) is 0 Å². The molecule has 0 unspecified atom stereocenters. The van der Waals surface area contributed by atoms with E-state index in [0.717, 1.165) is 51.5 Å². The van der Waals surface area contributed by atoms with Gasteiger partial charge in [0, 0.05) is 11.6 Å². The van der Waals surface area contributed by atoms with Crippen LogP contribution in [0.2, 0.25) is 0 Å². The molecule has 0 aliphatic heterocycles. The maximum Gasteiger partial charge on any atom is 0.350 e. The third-order valence-electron chi connectivity index (χ3n) is 6.33. The molecular formula is C24H20F3N5O3S. The van der Waals surface area contributed by atoms with Gasteiger partial charge in [0.05, 0.1) is 17.9 Å². The number of nitrogens with two attached hydrogens (primary N) is 1. The molecule has 1 saturated carbocycles. The summed E-state index contributed by atoms with van der Waals surface area (Å²) in [6, 6.07) is 7.23. The minimum Gasteiger partial charge on any atom is -0.442 e. The Morgan fingerprint density at radius 1 is 1.17 bits per heavy atom. The number of hydrogen-bond donors (Lipinski definition) is 1. The van der Waals surface area contributed by atoms with E-state index in [1.807, 2.05) is 0 Å². The van der Waals surface area contributed by atoms with E-state index in [0.29, 0.717) is 28.6 Å². The highest BCUT2D eigenvalue weighted by Gasteiger charge is 2.47. The Hall–Kier alpha value is -3.93. The Morgan fingerprint density at radius 3 is 2.50 bits per heavy atom. The van der Waals surface area contributed by atoms with Gasteiger partial charge in [-0.3, -0.25) is 9.36 Å². The fraction of sp³-hybridized carbons (Fsp3) is 0.250. The molecule has 2 N–H and O–H groups in total. The van der Waals surface area contributed by atoms with Gasteiger partial charge in [-0.15, -0.1) is 0 Å². The molecule has 0 radical (unpaired) electrons. The molecule has 4 aromatic rings. The van der Waals surface area contributed by atoms with Gasteiger partial charge < -0.3 is 10.5 Å². The molecule has 2 heterocycles. The molecule has 0 saturated heterocycles. The van der Waals surface area contributed by atoms with Gasteiger partial charge in [-0.2, -0.15) is 9.78 Å². The molecule has 0 spiro atoms. The number of thiazole rings is 1. The van der Waals surface area contributed by atoms with Crippen LogP contribution < -0.4 is 16.2 Å². The van der Waals surface area contributed by atoms with Gasteiger partial charge in [0.25, 0.3) is 0 Å². The van der Waals surface area contributed by atoms with E-state index in [4.69, 9.17) is 10.5 Å². The molecule has 1 aliphatic carbocycles. The summed E-state index contributed by atoms with van der Waals surface area (Å²) >= 11 is 1.15. The molecule has 1 fully saturated rings. The molecule has 8 nitrogen and oxygen atoms in total. The van der Waals surface area contributed by atoms with E-state index >= 15 is 0 Å². The van der Waals surface area contributed by atoms with Crippen molar-refractivity contribution in [3.05, 3.63) is 86.9 Å². The number of ether oxygens (including phenoxy) is 1. The summed E-state index contributed by atoms with van der Waals surface area (Å²) in [6.07, 6.45) is 3.22. The second kappa shape index (κ2) is 8.94. The van der Waals surface area contributed by atoms with Crippen LogP contribution in [-0.2, 0) is 16.8 Å². The Kier molecular flexibility index (Phi) is 5.91. The third-order valence-corrected chi connectivity index (χ3v) is 7.57. The summed E-state index contributed by atoms with van der Waals surface area (Å²) in [5.41, 5.74) is 4.41. The second-order valence-electron chi connectivity index (χ2n) is 8.56. The number of aromatic nitrogens is 4. The number of benzene rings is 2. The largest absolute Gasteiger partial charge is 0.442 e. The first-order chi connectivity index (χ1) is 17.2. The number of aryl methyl sites for hydroxylation is 1. The van der Waals surface area contributed by atoms with Gasteiger partial charge in [0.1, 0.15) is 28.4 Å². The zero-order valence-electron chi connectivity index (χ0n) is 19.0. The van der Waals surface area contributed by atoms with E-state index in [1.54, 1.807) is 6.92 Å². The fourth-order valence-corrected chi connectivity index (χ4v) is 5.24. The lowest BCUT2D eigenvalue weighted by Crippen LogP contribution is -2.46. The van der Waals surface area contributed by atoms with E-state index in [2.05, 4.69) is 10.1 Å². The van der Waals surface area contributed by atoms with Crippen LogP contribution in [0.15, 0.2) is 47.5 Å². The smallest absolute Gasteiger partial charge is 0.350 e. The minimum absolute atomic E-state index is 0.0986. The number of halogens is 3. The maximum absolute atomic E-state index is 14.9. The lowest BCUT2D eigenvalue weighted by atomic mass is 9.68. The van der Waals surface area contributed by atoms with E-state index < -0.39 is 34.5 Å². The summed E-state index contributed by atoms with van der Waals surface area (Å²) in [4.78, 5) is 29.2. The lowest BCUT2D eigenvalue weighted by molar-refractivity contribution is -0.126. The number of nitrogens with zero attached hydrogens (tertiary/aromatic N) is 4. The van der Waals surface area contributed by atoms with E-state index in [-0.39, 0.29) is 23.5 Å². The normalized spacial score (nSPS) is 14.4. The van der Waals surface area contributed by atoms with Crippen molar-refractivity contribution < 1.29 is 22.7 Å². The molecule has 1 amide bonds. The predicted molar refractivity (Wildman–Crippen MR) is 125 cm³/mol. The summed E-state index contributed by atoms with van der Waals surface area (Å²) in [5, 5.41) is 4.82. The molecule has 36 heavy (non-hydrogen) atoms. The summed E-state index contributed by atoms with van der Waals surface area (Å²) in [6.45, 7) is 1.32. The number of carbonyl (C=O) groups is 1. The minimum atomic E-state index is -0.801. The highest BCUT2D eigenvalue weighted by Crippen LogP contribution is 2.47. The monoisotopic (exact) mass is 515 g/mol. The van der Waals surface area contributed by atoms with Gasteiger partial charge >= 0.3 is 5.69 Å². The van der Waals surface area contributed by atoms with Crippen LogP contribution in [-0.4, -0.2) is 25.2 Å². The topological polar surface area (TPSA) is 105 Å². The molecule has 0 bridgehead atoms. The SMILES string of the molecule is Cc1nc(C2(C(N)=O)CCC2)sc1Oc1ccc(-n2ncn(Cc3c(F)cccc3F)c2=O)cc1F. The molecule has 5 rings (SSSR count). The standard InChI is InChI=1S/C24H20F3N5O3S/c1-13-20(36-22(30-13)24(21(28)33)8-3-9-24)35-19-7-6-14(10-18(19)27)32-23(34)31(12-29-32)11-15-16(25)4-2-5-17(15)26/h2,4-7,10,12H,3,8-9,11H2,1H3,(H2,28,33). The quantitative estimate of drug-likeness (QED) is 0.401. The van der Waals surface area contributed by atoms with Crippen molar-refractivity contribution in [1.29, 1.82) is 0 Å². The fourth-order valence-electron chi connectivity index (χ4n) is 4.06. The van der Waals surface area contributed by atoms with Gasteiger partial charge in [-0.1, -0.05) is 23.8 Å². The Morgan fingerprint density at radius 2 is 1.89 bits per heavy atom. The molecule has 2 aromatic carbocycles. The summed E-state index contributed by atoms with van der Waals surface area (Å²) in [7, 11) is 0. The Bertz CT molecular complexity index is 1520. The van der Waals surface area contributed by atoms with Gasteiger partial charge in [-0.05, 0) is 44.0 Å². The Labute approximate surface area is 206 Å². The molecule has 12 heteroatoms. The second-order valence-corrected chi connectivity index (χ2v) is 9.52. The molecule has 186 valence electrons. The predicted octanol–water partition coefficient (Wildman–Crippen LogP) is 3.96. The highest BCUT2D eigenvalue weighted by atomic mass is 32.1. The summed E-state index contributed by atoms with van der Waals surface area (Å²) in [5.74, 6) is -2.89. The van der Waals surface area contributed by atoms with Crippen LogP contribution >= 0.6 is 11.3 Å². The summed E-state index contributed by atoms with van der Waals surface area (Å²) < 4.78 is 50.5. The van der Waals surface area contributed by atoms with Crippen LogP contribution in [0.4, 0.5) is 13.2 Å². The van der Waals surface area contributed by atoms with Crippen molar-refractivity contribution in [2.45, 2.75) is 38.1 Å². The van der Waals surface area contributed by atoms with E-state index in [1.165, 1.54) is 18.2 Å². The van der Waals surface area contributed by atoms with Crippen molar-refractivity contribution >= 4 is 17.2 Å². The number of rotatable bonds is 7. The van der Waals surface area contributed by atoms with Crippen molar-refractivity contribution in [1.82, 2.24) is 19.3 Å². The maximum atomic E-state index is 14.9. The lowest BCUT2D eigenvalue weighted by Gasteiger charge is -2.36. The van der Waals surface area contributed by atoms with Crippen LogP contribution in [0.5, 0.6) is 10.8 Å². The number of hydrogen-bond acceptors (Lipinski definition) is 6. The zero-order chi connectivity index (χ0) is 25.6. The first-order valence-corrected chi connectivity index (χ1v) is 11.8. The van der Waals surface area contributed by atoms with Crippen LogP contribution in [0.25, 0.3) is 5.69 Å². The average molecular weight is 516 g/mol. The van der Waals surface area contributed by atoms with Gasteiger partial charge in [0.2, 0.25) is 11.0 Å². The van der Waals surface area contributed by atoms with Crippen LogP contribution in [0.3, 0.4) is 0 Å².